The minimum absolute atomic E-state index is 0.0164. The van der Waals surface area contributed by atoms with Crippen molar-refractivity contribution in [1.82, 2.24) is 10.2 Å². The SMILES string of the molecule is CCCCNC(=O)[C@@H](CC)N(Cc1ccccc1Cl)C(=O)CN(c1ccc(OC)c(OC)c1)S(=O)(=O)c1ccc(C)cc1. The van der Waals surface area contributed by atoms with Gasteiger partial charge in [0.05, 0.1) is 24.8 Å². The maximum Gasteiger partial charge on any atom is 0.264 e. The molecule has 9 nitrogen and oxygen atoms in total. The van der Waals surface area contributed by atoms with E-state index in [1.807, 2.05) is 20.8 Å². The first-order chi connectivity index (χ1) is 20.6. The molecule has 11 heteroatoms. The van der Waals surface area contributed by atoms with Crippen molar-refractivity contribution in [2.45, 2.75) is 57.5 Å². The van der Waals surface area contributed by atoms with Crippen LogP contribution in [0.5, 0.6) is 11.5 Å². The molecule has 232 valence electrons. The molecule has 0 unspecified atom stereocenters. The van der Waals surface area contributed by atoms with E-state index in [2.05, 4.69) is 5.32 Å². The molecule has 0 aliphatic rings. The normalized spacial score (nSPS) is 11.9. The zero-order valence-corrected chi connectivity index (χ0v) is 26.9. The van der Waals surface area contributed by atoms with E-state index in [0.717, 1.165) is 22.7 Å². The van der Waals surface area contributed by atoms with Gasteiger partial charge in [0.1, 0.15) is 12.6 Å². The van der Waals surface area contributed by atoms with Gasteiger partial charge in [0, 0.05) is 24.2 Å². The van der Waals surface area contributed by atoms with Crippen LogP contribution in [0.1, 0.15) is 44.2 Å². The maximum absolute atomic E-state index is 14.2. The average molecular weight is 630 g/mol. The summed E-state index contributed by atoms with van der Waals surface area (Å²) in [6.07, 6.45) is 2.01. The van der Waals surface area contributed by atoms with Crippen LogP contribution in [0.4, 0.5) is 5.69 Å². The van der Waals surface area contributed by atoms with Gasteiger partial charge in [-0.2, -0.15) is 0 Å². The van der Waals surface area contributed by atoms with Crippen molar-refractivity contribution in [3.63, 3.8) is 0 Å². The minimum Gasteiger partial charge on any atom is -0.493 e. The number of anilines is 1. The summed E-state index contributed by atoms with van der Waals surface area (Å²) in [5, 5.41) is 3.35. The van der Waals surface area contributed by atoms with E-state index in [4.69, 9.17) is 21.1 Å². The molecule has 0 fully saturated rings. The Kier molecular flexibility index (Phi) is 12.3. The first-order valence-electron chi connectivity index (χ1n) is 14.2. The quantitative estimate of drug-likeness (QED) is 0.220. The smallest absolute Gasteiger partial charge is 0.264 e. The van der Waals surface area contributed by atoms with E-state index in [-0.39, 0.29) is 23.0 Å². The number of halogens is 1. The van der Waals surface area contributed by atoms with Gasteiger partial charge in [-0.25, -0.2) is 8.42 Å². The van der Waals surface area contributed by atoms with E-state index in [9.17, 15) is 18.0 Å². The Bertz CT molecular complexity index is 1500. The third kappa shape index (κ3) is 8.42. The topological polar surface area (TPSA) is 105 Å². The Labute approximate surface area is 259 Å². The van der Waals surface area contributed by atoms with Crippen LogP contribution in [0.2, 0.25) is 5.02 Å². The lowest BCUT2D eigenvalue weighted by molar-refractivity contribution is -0.140. The van der Waals surface area contributed by atoms with Crippen LogP contribution in [0.25, 0.3) is 0 Å². The van der Waals surface area contributed by atoms with E-state index in [0.29, 0.717) is 35.1 Å². The van der Waals surface area contributed by atoms with Gasteiger partial charge in [0.25, 0.3) is 10.0 Å². The lowest BCUT2D eigenvalue weighted by atomic mass is 10.1. The number of nitrogens with one attached hydrogen (secondary N) is 1. The molecule has 0 bridgehead atoms. The molecule has 0 heterocycles. The number of unbranched alkanes of at least 4 members (excludes halogenated alkanes) is 1. The first kappa shape index (κ1) is 33.7. The monoisotopic (exact) mass is 629 g/mol. The van der Waals surface area contributed by atoms with Gasteiger partial charge in [0.2, 0.25) is 11.8 Å². The molecule has 3 aromatic carbocycles. The largest absolute Gasteiger partial charge is 0.493 e. The Balaban J connectivity index is 2.10. The average Bonchev–Trinajstić information content (AvgIpc) is 3.00. The predicted octanol–water partition coefficient (Wildman–Crippen LogP) is 5.58. The summed E-state index contributed by atoms with van der Waals surface area (Å²) < 4.78 is 40.0. The number of aryl methyl sites for hydroxylation is 1. The number of rotatable bonds is 15. The van der Waals surface area contributed by atoms with Crippen LogP contribution in [0.3, 0.4) is 0 Å². The summed E-state index contributed by atoms with van der Waals surface area (Å²) in [5.74, 6) is -0.176. The summed E-state index contributed by atoms with van der Waals surface area (Å²) in [7, 11) is -1.31. The summed E-state index contributed by atoms with van der Waals surface area (Å²) in [5.41, 5.74) is 1.72. The number of carbonyl (C=O) groups is 2. The van der Waals surface area contributed by atoms with Crippen LogP contribution >= 0.6 is 11.6 Å². The van der Waals surface area contributed by atoms with Crippen molar-refractivity contribution in [3.05, 3.63) is 82.9 Å². The fourth-order valence-electron chi connectivity index (χ4n) is 4.58. The Morgan fingerprint density at radius 3 is 2.23 bits per heavy atom. The van der Waals surface area contributed by atoms with Gasteiger partial charge in [-0.05, 0) is 55.7 Å². The summed E-state index contributed by atoms with van der Waals surface area (Å²) in [4.78, 5) is 29.0. The molecule has 3 rings (SSSR count). The van der Waals surface area contributed by atoms with Gasteiger partial charge >= 0.3 is 0 Å². The van der Waals surface area contributed by atoms with Crippen molar-refractivity contribution in [1.29, 1.82) is 0 Å². The van der Waals surface area contributed by atoms with Gasteiger partial charge in [-0.15, -0.1) is 0 Å². The summed E-state index contributed by atoms with van der Waals surface area (Å²) >= 11 is 6.46. The molecule has 0 aliphatic carbocycles. The van der Waals surface area contributed by atoms with Crippen molar-refractivity contribution < 1.29 is 27.5 Å². The number of hydrogen-bond acceptors (Lipinski definition) is 6. The highest BCUT2D eigenvalue weighted by molar-refractivity contribution is 7.92. The van der Waals surface area contributed by atoms with Crippen molar-refractivity contribution in [2.75, 3.05) is 31.6 Å². The molecule has 0 saturated carbocycles. The highest BCUT2D eigenvalue weighted by Crippen LogP contribution is 2.34. The molecule has 3 aromatic rings. The molecule has 0 spiro atoms. The predicted molar refractivity (Wildman–Crippen MR) is 169 cm³/mol. The molecular weight excluding hydrogens is 590 g/mol. The number of carbonyl (C=O) groups excluding carboxylic acids is 2. The summed E-state index contributed by atoms with van der Waals surface area (Å²) in [6, 6.07) is 17.2. The van der Waals surface area contributed by atoms with Crippen molar-refractivity contribution in [2.24, 2.45) is 0 Å². The highest BCUT2D eigenvalue weighted by Gasteiger charge is 2.34. The molecule has 0 radical (unpaired) electrons. The standard InChI is InChI=1S/C32H40ClN3O6S/c1-6-8-19-34-32(38)28(7-2)35(21-24-11-9-10-12-27(24)33)31(37)22-36(25-15-18-29(41-4)30(20-25)42-5)43(39,40)26-16-13-23(3)14-17-26/h9-18,20,28H,6-8,19,21-22H2,1-5H3,(H,34,38)/t28-/m1/s1. The molecule has 1 atom stereocenters. The minimum atomic E-state index is -4.23. The summed E-state index contributed by atoms with van der Waals surface area (Å²) in [6.45, 7) is 5.60. The lowest BCUT2D eigenvalue weighted by Crippen LogP contribution is -2.52. The van der Waals surface area contributed by atoms with Crippen LogP contribution in [0, 0.1) is 6.92 Å². The molecule has 0 aliphatic heterocycles. The second-order valence-corrected chi connectivity index (χ2v) is 12.3. The zero-order chi connectivity index (χ0) is 31.6. The van der Waals surface area contributed by atoms with E-state index in [1.54, 1.807) is 48.5 Å². The number of sulfonamides is 1. The van der Waals surface area contributed by atoms with Gasteiger partial charge < -0.3 is 19.7 Å². The van der Waals surface area contributed by atoms with Crippen molar-refractivity contribution in [3.8, 4) is 11.5 Å². The van der Waals surface area contributed by atoms with Crippen LogP contribution in [-0.2, 0) is 26.2 Å². The fraction of sp³-hybridized carbons (Fsp3) is 0.375. The van der Waals surface area contributed by atoms with Gasteiger partial charge in [-0.1, -0.05) is 67.8 Å². The molecule has 0 aromatic heterocycles. The van der Waals surface area contributed by atoms with Crippen LogP contribution in [-0.4, -0.2) is 58.5 Å². The molecule has 43 heavy (non-hydrogen) atoms. The van der Waals surface area contributed by atoms with Crippen molar-refractivity contribution >= 4 is 39.1 Å². The Hall–Kier alpha value is -3.76. The number of ether oxygens (including phenoxy) is 2. The van der Waals surface area contributed by atoms with E-state index < -0.39 is 28.5 Å². The Morgan fingerprint density at radius 1 is 0.953 bits per heavy atom. The zero-order valence-electron chi connectivity index (χ0n) is 25.3. The van der Waals surface area contributed by atoms with E-state index >= 15 is 0 Å². The van der Waals surface area contributed by atoms with E-state index in [1.165, 1.54) is 37.3 Å². The molecular formula is C32H40ClN3O6S. The van der Waals surface area contributed by atoms with Crippen LogP contribution < -0.4 is 19.1 Å². The lowest BCUT2D eigenvalue weighted by Gasteiger charge is -2.33. The number of methoxy groups -OCH3 is 2. The maximum atomic E-state index is 14.2. The van der Waals surface area contributed by atoms with Crippen LogP contribution in [0.15, 0.2) is 71.6 Å². The third-order valence-corrected chi connectivity index (χ3v) is 9.21. The highest BCUT2D eigenvalue weighted by atomic mass is 35.5. The number of hydrogen-bond donors (Lipinski definition) is 1. The number of amides is 2. The third-order valence-electron chi connectivity index (χ3n) is 7.06. The molecule has 2 amide bonds. The second-order valence-electron chi connectivity index (χ2n) is 10.0. The molecule has 0 saturated heterocycles. The fourth-order valence-corrected chi connectivity index (χ4v) is 6.18. The Morgan fingerprint density at radius 2 is 1.63 bits per heavy atom. The second kappa shape index (κ2) is 15.6. The molecule has 1 N–H and O–H groups in total. The first-order valence-corrected chi connectivity index (χ1v) is 16.0. The number of benzene rings is 3. The van der Waals surface area contributed by atoms with Gasteiger partial charge in [0.15, 0.2) is 11.5 Å². The van der Waals surface area contributed by atoms with Gasteiger partial charge in [-0.3, -0.25) is 13.9 Å². The number of nitrogens with zero attached hydrogens (tertiary/aromatic N) is 2.